The molecule has 3 N–H and O–H groups in total. The van der Waals surface area contributed by atoms with Crippen LogP contribution in [-0.2, 0) is 0 Å². The molecule has 6 nitrogen and oxygen atoms in total. The highest BCUT2D eigenvalue weighted by molar-refractivity contribution is 5.88. The molecule has 6 heteroatoms. The van der Waals surface area contributed by atoms with Crippen molar-refractivity contribution in [2.45, 2.75) is 33.2 Å². The van der Waals surface area contributed by atoms with Gasteiger partial charge in [-0.3, -0.25) is 0 Å². The first-order valence-electron chi connectivity index (χ1n) is 7.20. The number of aryl methyl sites for hydroxylation is 1. The third kappa shape index (κ3) is 4.18. The van der Waals surface area contributed by atoms with Crippen molar-refractivity contribution >= 4 is 23.3 Å². The maximum Gasteiger partial charge on any atom is 0.335 e. The Morgan fingerprint density at radius 1 is 1.23 bits per heavy atom. The second kappa shape index (κ2) is 6.89. The van der Waals surface area contributed by atoms with Crippen LogP contribution in [0.3, 0.4) is 0 Å². The van der Waals surface area contributed by atoms with Crippen molar-refractivity contribution in [3.05, 3.63) is 41.7 Å². The molecule has 0 spiro atoms. The number of aromatic carboxylic acids is 1. The van der Waals surface area contributed by atoms with E-state index in [2.05, 4.69) is 34.4 Å². The van der Waals surface area contributed by atoms with Crippen LogP contribution >= 0.6 is 0 Å². The normalized spacial score (nSPS) is 11.8. The van der Waals surface area contributed by atoms with Crippen molar-refractivity contribution in [2.24, 2.45) is 0 Å². The summed E-state index contributed by atoms with van der Waals surface area (Å²) in [5.74, 6) is 1.16. The lowest BCUT2D eigenvalue weighted by Crippen LogP contribution is -2.15. The molecule has 1 atom stereocenters. The molecule has 0 aliphatic heterocycles. The van der Waals surface area contributed by atoms with E-state index in [-0.39, 0.29) is 5.56 Å². The van der Waals surface area contributed by atoms with Crippen molar-refractivity contribution in [2.75, 3.05) is 10.6 Å². The van der Waals surface area contributed by atoms with Gasteiger partial charge < -0.3 is 15.7 Å². The van der Waals surface area contributed by atoms with Gasteiger partial charge in [0.2, 0.25) is 0 Å². The zero-order chi connectivity index (χ0) is 16.1. The Labute approximate surface area is 129 Å². The molecular formula is C16H20N4O2. The highest BCUT2D eigenvalue weighted by Gasteiger charge is 2.06. The summed E-state index contributed by atoms with van der Waals surface area (Å²) in [6.07, 6.45) is 1.00. The molecule has 0 radical (unpaired) electrons. The van der Waals surface area contributed by atoms with Crippen LogP contribution in [-0.4, -0.2) is 27.1 Å². The van der Waals surface area contributed by atoms with Crippen LogP contribution in [0.5, 0.6) is 0 Å². The summed E-state index contributed by atoms with van der Waals surface area (Å²) in [7, 11) is 0. The van der Waals surface area contributed by atoms with Crippen LogP contribution in [0.15, 0.2) is 30.3 Å². The lowest BCUT2D eigenvalue weighted by atomic mass is 10.2. The Kier molecular flexibility index (Phi) is 4.93. The van der Waals surface area contributed by atoms with Gasteiger partial charge in [-0.25, -0.2) is 14.8 Å². The fourth-order valence-corrected chi connectivity index (χ4v) is 1.90. The summed E-state index contributed by atoms with van der Waals surface area (Å²) in [5, 5.41) is 15.4. The average Bonchev–Trinajstić information content (AvgIpc) is 2.47. The van der Waals surface area contributed by atoms with E-state index in [1.165, 1.54) is 0 Å². The molecule has 0 bridgehead atoms. The SMILES string of the molecule is CCC(C)Nc1cc(Nc2ccc(C(=O)O)cc2)nc(C)n1. The van der Waals surface area contributed by atoms with Gasteiger partial charge in [-0.1, -0.05) is 6.92 Å². The molecule has 2 rings (SSSR count). The number of hydrogen-bond donors (Lipinski definition) is 3. The molecule has 1 aromatic heterocycles. The maximum atomic E-state index is 10.8. The number of hydrogen-bond acceptors (Lipinski definition) is 5. The van der Waals surface area contributed by atoms with E-state index in [9.17, 15) is 4.79 Å². The second-order valence-electron chi connectivity index (χ2n) is 5.15. The van der Waals surface area contributed by atoms with Gasteiger partial charge >= 0.3 is 5.97 Å². The summed E-state index contributed by atoms with van der Waals surface area (Å²) < 4.78 is 0. The van der Waals surface area contributed by atoms with Gasteiger partial charge in [0.25, 0.3) is 0 Å². The first-order chi connectivity index (χ1) is 10.5. The summed E-state index contributed by atoms with van der Waals surface area (Å²) >= 11 is 0. The smallest absolute Gasteiger partial charge is 0.335 e. The van der Waals surface area contributed by atoms with E-state index in [1.807, 2.05) is 13.0 Å². The predicted octanol–water partition coefficient (Wildman–Crippen LogP) is 3.44. The number of carboxylic acid groups (broad SMARTS) is 1. The molecule has 22 heavy (non-hydrogen) atoms. The van der Waals surface area contributed by atoms with Crippen LogP contribution in [0.2, 0.25) is 0 Å². The minimum atomic E-state index is -0.940. The van der Waals surface area contributed by atoms with Gasteiger partial charge in [0, 0.05) is 17.8 Å². The standard InChI is InChI=1S/C16H20N4O2/c1-4-10(2)17-14-9-15(19-11(3)18-14)20-13-7-5-12(6-8-13)16(21)22/h5-10H,4H2,1-3H3,(H,21,22)(H2,17,18,19,20). The molecule has 116 valence electrons. The highest BCUT2D eigenvalue weighted by Crippen LogP contribution is 2.18. The van der Waals surface area contributed by atoms with E-state index in [1.54, 1.807) is 24.3 Å². The van der Waals surface area contributed by atoms with E-state index in [0.717, 1.165) is 17.9 Å². The van der Waals surface area contributed by atoms with Gasteiger partial charge in [0.1, 0.15) is 17.5 Å². The fourth-order valence-electron chi connectivity index (χ4n) is 1.90. The van der Waals surface area contributed by atoms with Gasteiger partial charge in [-0.15, -0.1) is 0 Å². The fraction of sp³-hybridized carbons (Fsp3) is 0.312. The number of nitrogens with zero attached hydrogens (tertiary/aromatic N) is 2. The van der Waals surface area contributed by atoms with Crippen molar-refractivity contribution in [3.63, 3.8) is 0 Å². The summed E-state index contributed by atoms with van der Waals surface area (Å²) in [4.78, 5) is 19.5. The number of nitrogens with one attached hydrogen (secondary N) is 2. The van der Waals surface area contributed by atoms with Gasteiger partial charge in [-0.05, 0) is 44.5 Å². The van der Waals surface area contributed by atoms with Gasteiger partial charge in [0.05, 0.1) is 5.56 Å². The Morgan fingerprint density at radius 2 is 1.86 bits per heavy atom. The number of benzene rings is 1. The molecule has 1 heterocycles. The second-order valence-corrected chi connectivity index (χ2v) is 5.15. The molecule has 1 aromatic carbocycles. The van der Waals surface area contributed by atoms with Crippen molar-refractivity contribution in [3.8, 4) is 0 Å². The van der Waals surface area contributed by atoms with Crippen LogP contribution in [0.1, 0.15) is 36.5 Å². The molecule has 0 aliphatic rings. The van der Waals surface area contributed by atoms with Crippen molar-refractivity contribution in [1.29, 1.82) is 0 Å². The Morgan fingerprint density at radius 3 is 2.45 bits per heavy atom. The van der Waals surface area contributed by atoms with Crippen molar-refractivity contribution < 1.29 is 9.90 Å². The monoisotopic (exact) mass is 300 g/mol. The Balaban J connectivity index is 2.16. The maximum absolute atomic E-state index is 10.8. The molecule has 0 aliphatic carbocycles. The zero-order valence-electron chi connectivity index (χ0n) is 12.9. The lowest BCUT2D eigenvalue weighted by molar-refractivity contribution is 0.0697. The van der Waals surface area contributed by atoms with Gasteiger partial charge in [-0.2, -0.15) is 0 Å². The van der Waals surface area contributed by atoms with Crippen molar-refractivity contribution in [1.82, 2.24) is 9.97 Å². The van der Waals surface area contributed by atoms with Crippen LogP contribution in [0.4, 0.5) is 17.3 Å². The number of aromatic nitrogens is 2. The minimum Gasteiger partial charge on any atom is -0.478 e. The molecule has 0 fully saturated rings. The zero-order valence-corrected chi connectivity index (χ0v) is 12.9. The topological polar surface area (TPSA) is 87.1 Å². The molecule has 2 aromatic rings. The third-order valence-electron chi connectivity index (χ3n) is 3.25. The molecule has 0 amide bonds. The van der Waals surface area contributed by atoms with Crippen LogP contribution < -0.4 is 10.6 Å². The summed E-state index contributed by atoms with van der Waals surface area (Å²) in [6.45, 7) is 6.03. The number of rotatable bonds is 6. The molecule has 0 saturated carbocycles. The number of carboxylic acids is 1. The molecule has 0 saturated heterocycles. The lowest BCUT2D eigenvalue weighted by Gasteiger charge is -2.14. The third-order valence-corrected chi connectivity index (χ3v) is 3.25. The quantitative estimate of drug-likeness (QED) is 0.757. The Hall–Kier alpha value is -2.63. The van der Waals surface area contributed by atoms with E-state index >= 15 is 0 Å². The molecule has 1 unspecified atom stereocenters. The minimum absolute atomic E-state index is 0.253. The predicted molar refractivity (Wildman–Crippen MR) is 86.8 cm³/mol. The summed E-state index contributed by atoms with van der Waals surface area (Å²) in [6, 6.07) is 8.70. The average molecular weight is 300 g/mol. The van der Waals surface area contributed by atoms with E-state index in [0.29, 0.717) is 17.7 Å². The van der Waals surface area contributed by atoms with Crippen LogP contribution in [0, 0.1) is 6.92 Å². The van der Waals surface area contributed by atoms with E-state index < -0.39 is 5.97 Å². The van der Waals surface area contributed by atoms with Crippen LogP contribution in [0.25, 0.3) is 0 Å². The first kappa shape index (κ1) is 15.8. The summed E-state index contributed by atoms with van der Waals surface area (Å²) in [5.41, 5.74) is 1.03. The Bertz CT molecular complexity index is 656. The van der Waals surface area contributed by atoms with E-state index in [4.69, 9.17) is 5.11 Å². The largest absolute Gasteiger partial charge is 0.478 e. The van der Waals surface area contributed by atoms with Gasteiger partial charge in [0.15, 0.2) is 0 Å². The molecular weight excluding hydrogens is 280 g/mol. The highest BCUT2D eigenvalue weighted by atomic mass is 16.4. The number of anilines is 3. The first-order valence-corrected chi connectivity index (χ1v) is 7.20. The number of carbonyl (C=O) groups is 1.